The molecule has 2 heterocycles. The largest absolute Gasteiger partial charge is 0.321 e. The lowest BCUT2D eigenvalue weighted by molar-refractivity contribution is 0.747. The molecule has 0 fully saturated rings. The molecule has 1 aromatic carbocycles. The molecule has 0 amide bonds. The van der Waals surface area contributed by atoms with Gasteiger partial charge in [0.15, 0.2) is 11.5 Å². The molecule has 1 aliphatic heterocycles. The molecule has 18 heavy (non-hydrogen) atoms. The summed E-state index contributed by atoms with van der Waals surface area (Å²) in [4.78, 5) is 10.5. The highest BCUT2D eigenvalue weighted by atomic mass is 15.2. The van der Waals surface area contributed by atoms with Gasteiger partial charge < -0.3 is 4.90 Å². The Bertz CT molecular complexity index is 630. The molecule has 0 radical (unpaired) electrons. The molecule has 1 atom stereocenters. The lowest BCUT2D eigenvalue weighted by Crippen LogP contribution is -2.25. The van der Waals surface area contributed by atoms with Crippen LogP contribution in [0.15, 0.2) is 36.7 Å². The quantitative estimate of drug-likeness (QED) is 0.763. The van der Waals surface area contributed by atoms with E-state index in [1.54, 1.807) is 12.4 Å². The van der Waals surface area contributed by atoms with Crippen LogP contribution in [-0.4, -0.2) is 16.0 Å². The second-order valence-electron chi connectivity index (χ2n) is 4.39. The summed E-state index contributed by atoms with van der Waals surface area (Å²) in [5.74, 6) is 0.650. The van der Waals surface area contributed by atoms with Crippen molar-refractivity contribution in [2.75, 3.05) is 4.90 Å². The number of para-hydroxylation sites is 1. The zero-order valence-electron chi connectivity index (χ0n) is 10.0. The van der Waals surface area contributed by atoms with E-state index in [1.165, 1.54) is 5.56 Å². The maximum atomic E-state index is 9.13. The normalized spacial score (nSPS) is 17.3. The van der Waals surface area contributed by atoms with E-state index < -0.39 is 0 Å². The molecule has 1 aromatic heterocycles. The van der Waals surface area contributed by atoms with Gasteiger partial charge in [0.25, 0.3) is 0 Å². The average molecular weight is 236 g/mol. The third kappa shape index (κ3) is 1.52. The molecular weight excluding hydrogens is 224 g/mol. The molecule has 4 heteroatoms. The van der Waals surface area contributed by atoms with Gasteiger partial charge in [0, 0.05) is 24.1 Å². The summed E-state index contributed by atoms with van der Waals surface area (Å²) in [7, 11) is 0. The van der Waals surface area contributed by atoms with E-state index in [4.69, 9.17) is 5.26 Å². The Morgan fingerprint density at radius 2 is 2.06 bits per heavy atom. The van der Waals surface area contributed by atoms with Crippen molar-refractivity contribution in [3.63, 3.8) is 0 Å². The fourth-order valence-electron chi connectivity index (χ4n) is 2.47. The molecule has 0 bridgehead atoms. The van der Waals surface area contributed by atoms with Crippen molar-refractivity contribution in [3.8, 4) is 6.07 Å². The van der Waals surface area contributed by atoms with Crippen molar-refractivity contribution >= 4 is 11.5 Å². The molecule has 88 valence electrons. The Kier molecular flexibility index (Phi) is 2.45. The fourth-order valence-corrected chi connectivity index (χ4v) is 2.47. The van der Waals surface area contributed by atoms with E-state index in [2.05, 4.69) is 40.0 Å². The Labute approximate surface area is 106 Å². The standard InChI is InChI=1S/C14H12N4/c1-10-8-11-4-2-3-5-13(11)18(10)14-12(9-15)16-6-7-17-14/h2-7,10H,8H2,1H3. The molecule has 0 saturated carbocycles. The Balaban J connectivity index is 2.15. The van der Waals surface area contributed by atoms with Gasteiger partial charge in [0.1, 0.15) is 6.07 Å². The van der Waals surface area contributed by atoms with Crippen LogP contribution in [0.1, 0.15) is 18.2 Å². The first-order chi connectivity index (χ1) is 8.81. The lowest BCUT2D eigenvalue weighted by Gasteiger charge is -2.23. The summed E-state index contributed by atoms with van der Waals surface area (Å²) in [5.41, 5.74) is 2.79. The van der Waals surface area contributed by atoms with E-state index in [9.17, 15) is 0 Å². The molecule has 0 saturated heterocycles. The molecule has 4 nitrogen and oxygen atoms in total. The van der Waals surface area contributed by atoms with Gasteiger partial charge in [0.2, 0.25) is 0 Å². The Morgan fingerprint density at radius 1 is 1.28 bits per heavy atom. The molecule has 1 aliphatic rings. The SMILES string of the molecule is CC1Cc2ccccc2N1c1nccnc1C#N. The second kappa shape index (κ2) is 4.11. The monoisotopic (exact) mass is 236 g/mol. The minimum atomic E-state index is 0.297. The number of aromatic nitrogens is 2. The number of nitriles is 1. The summed E-state index contributed by atoms with van der Waals surface area (Å²) in [6.07, 6.45) is 4.15. The van der Waals surface area contributed by atoms with Gasteiger partial charge in [-0.05, 0) is 25.0 Å². The molecular formula is C14H12N4. The van der Waals surface area contributed by atoms with Crippen LogP contribution in [0.3, 0.4) is 0 Å². The molecule has 1 unspecified atom stereocenters. The van der Waals surface area contributed by atoms with Crippen molar-refractivity contribution in [1.82, 2.24) is 9.97 Å². The smallest absolute Gasteiger partial charge is 0.183 e. The van der Waals surface area contributed by atoms with Crippen molar-refractivity contribution in [1.29, 1.82) is 5.26 Å². The van der Waals surface area contributed by atoms with Gasteiger partial charge in [-0.3, -0.25) is 0 Å². The van der Waals surface area contributed by atoms with Crippen LogP contribution >= 0.6 is 0 Å². The summed E-state index contributed by atoms with van der Waals surface area (Å²) >= 11 is 0. The summed E-state index contributed by atoms with van der Waals surface area (Å²) < 4.78 is 0. The molecule has 0 spiro atoms. The van der Waals surface area contributed by atoms with E-state index >= 15 is 0 Å². The maximum absolute atomic E-state index is 9.13. The highest BCUT2D eigenvalue weighted by Crippen LogP contribution is 2.37. The number of benzene rings is 1. The Morgan fingerprint density at radius 3 is 2.89 bits per heavy atom. The van der Waals surface area contributed by atoms with Crippen LogP contribution in [0.5, 0.6) is 0 Å². The highest BCUT2D eigenvalue weighted by Gasteiger charge is 2.29. The third-order valence-corrected chi connectivity index (χ3v) is 3.22. The van der Waals surface area contributed by atoms with Crippen molar-refractivity contribution in [2.24, 2.45) is 0 Å². The van der Waals surface area contributed by atoms with Crippen molar-refractivity contribution in [3.05, 3.63) is 47.9 Å². The van der Waals surface area contributed by atoms with Gasteiger partial charge in [-0.1, -0.05) is 18.2 Å². The zero-order valence-corrected chi connectivity index (χ0v) is 10.0. The highest BCUT2D eigenvalue weighted by molar-refractivity contribution is 5.71. The number of hydrogen-bond donors (Lipinski definition) is 0. The minimum Gasteiger partial charge on any atom is -0.321 e. The summed E-state index contributed by atoms with van der Waals surface area (Å²) in [6, 6.07) is 10.6. The Hall–Kier alpha value is -2.41. The minimum absolute atomic E-state index is 0.297. The summed E-state index contributed by atoms with van der Waals surface area (Å²) in [5, 5.41) is 9.13. The molecule has 2 aromatic rings. The number of anilines is 2. The van der Waals surface area contributed by atoms with E-state index in [-0.39, 0.29) is 0 Å². The number of nitrogens with zero attached hydrogens (tertiary/aromatic N) is 4. The predicted octanol–water partition coefficient (Wildman–Crippen LogP) is 2.43. The van der Waals surface area contributed by atoms with E-state index in [1.807, 2.05) is 12.1 Å². The van der Waals surface area contributed by atoms with Crippen LogP contribution in [0.2, 0.25) is 0 Å². The second-order valence-corrected chi connectivity index (χ2v) is 4.39. The van der Waals surface area contributed by atoms with Gasteiger partial charge >= 0.3 is 0 Å². The molecule has 3 rings (SSSR count). The topological polar surface area (TPSA) is 52.8 Å². The number of fused-ring (bicyclic) bond motifs is 1. The van der Waals surface area contributed by atoms with E-state index in [0.717, 1.165) is 12.1 Å². The summed E-state index contributed by atoms with van der Waals surface area (Å²) in [6.45, 7) is 2.13. The van der Waals surface area contributed by atoms with Crippen LogP contribution in [-0.2, 0) is 6.42 Å². The van der Waals surface area contributed by atoms with Gasteiger partial charge in [-0.2, -0.15) is 5.26 Å². The fraction of sp³-hybridized carbons (Fsp3) is 0.214. The van der Waals surface area contributed by atoms with Crippen LogP contribution in [0.25, 0.3) is 0 Å². The van der Waals surface area contributed by atoms with E-state index in [0.29, 0.717) is 17.6 Å². The zero-order chi connectivity index (χ0) is 12.5. The van der Waals surface area contributed by atoms with Crippen LogP contribution < -0.4 is 4.90 Å². The maximum Gasteiger partial charge on any atom is 0.183 e. The van der Waals surface area contributed by atoms with Gasteiger partial charge in [-0.25, -0.2) is 9.97 Å². The molecule has 0 aliphatic carbocycles. The number of rotatable bonds is 1. The van der Waals surface area contributed by atoms with Gasteiger partial charge in [0.05, 0.1) is 0 Å². The predicted molar refractivity (Wildman–Crippen MR) is 68.5 cm³/mol. The van der Waals surface area contributed by atoms with Crippen molar-refractivity contribution in [2.45, 2.75) is 19.4 Å². The van der Waals surface area contributed by atoms with Crippen LogP contribution in [0.4, 0.5) is 11.5 Å². The molecule has 0 N–H and O–H groups in total. The van der Waals surface area contributed by atoms with Crippen molar-refractivity contribution < 1.29 is 0 Å². The first-order valence-corrected chi connectivity index (χ1v) is 5.89. The first kappa shape index (κ1) is 10.7. The number of hydrogen-bond acceptors (Lipinski definition) is 4. The van der Waals surface area contributed by atoms with Crippen LogP contribution in [0, 0.1) is 11.3 Å². The van der Waals surface area contributed by atoms with Gasteiger partial charge in [-0.15, -0.1) is 0 Å². The first-order valence-electron chi connectivity index (χ1n) is 5.89. The average Bonchev–Trinajstić information content (AvgIpc) is 2.74. The lowest BCUT2D eigenvalue weighted by atomic mass is 10.1. The third-order valence-electron chi connectivity index (χ3n) is 3.22.